The van der Waals surface area contributed by atoms with Crippen molar-refractivity contribution in [3.63, 3.8) is 0 Å². The first-order valence-corrected chi connectivity index (χ1v) is 6.69. The first-order valence-electron chi connectivity index (χ1n) is 5.81. The Morgan fingerprint density at radius 3 is 2.69 bits per heavy atom. The van der Waals surface area contributed by atoms with Crippen LogP contribution in [-0.2, 0) is 0 Å². The lowest BCUT2D eigenvalue weighted by molar-refractivity contribution is 0.0957. The Morgan fingerprint density at radius 1 is 1.38 bits per heavy atom. The van der Waals surface area contributed by atoms with Crippen molar-refractivity contribution in [2.75, 3.05) is 6.54 Å². The number of carbonyl (C=O) groups excluding carboxylic acids is 1. The average molecular weight is 239 g/mol. The minimum absolute atomic E-state index is 0.0609. The Hall–Kier alpha value is -0.830. The topological polar surface area (TPSA) is 29.1 Å². The molecule has 0 radical (unpaired) electrons. The molecule has 1 heterocycles. The molecule has 3 heteroatoms. The Kier molecular flexibility index (Phi) is 5.00. The molecule has 1 aromatic heterocycles. The number of hydrogen-bond acceptors (Lipinski definition) is 2. The lowest BCUT2D eigenvalue weighted by atomic mass is 9.90. The predicted octanol–water partition coefficient (Wildman–Crippen LogP) is 3.69. The van der Waals surface area contributed by atoms with Crippen molar-refractivity contribution in [2.24, 2.45) is 5.41 Å². The van der Waals surface area contributed by atoms with Crippen LogP contribution in [0.15, 0.2) is 17.5 Å². The van der Waals surface area contributed by atoms with E-state index in [1.54, 1.807) is 0 Å². The summed E-state index contributed by atoms with van der Waals surface area (Å²) in [5, 5.41) is 4.87. The van der Waals surface area contributed by atoms with E-state index in [4.69, 9.17) is 0 Å². The highest BCUT2D eigenvalue weighted by Crippen LogP contribution is 2.21. The molecule has 90 valence electrons. The minimum Gasteiger partial charge on any atom is -0.351 e. The molecule has 0 unspecified atom stereocenters. The van der Waals surface area contributed by atoms with E-state index in [0.29, 0.717) is 5.41 Å². The van der Waals surface area contributed by atoms with Crippen molar-refractivity contribution in [3.8, 4) is 0 Å². The monoisotopic (exact) mass is 239 g/mol. The summed E-state index contributed by atoms with van der Waals surface area (Å²) in [4.78, 5) is 12.4. The van der Waals surface area contributed by atoms with Gasteiger partial charge in [-0.2, -0.15) is 0 Å². The third-order valence-corrected chi connectivity index (χ3v) is 3.25. The molecule has 1 amide bonds. The molecule has 16 heavy (non-hydrogen) atoms. The van der Waals surface area contributed by atoms with Gasteiger partial charge in [-0.05, 0) is 29.7 Å². The maximum absolute atomic E-state index is 11.6. The van der Waals surface area contributed by atoms with Crippen molar-refractivity contribution in [2.45, 2.75) is 40.0 Å². The van der Waals surface area contributed by atoms with Gasteiger partial charge in [0.15, 0.2) is 0 Å². The first kappa shape index (κ1) is 13.2. The Bertz CT molecular complexity index is 311. The minimum atomic E-state index is 0.0609. The summed E-state index contributed by atoms with van der Waals surface area (Å²) in [6.07, 6.45) is 3.45. The highest BCUT2D eigenvalue weighted by atomic mass is 32.1. The number of hydrogen-bond donors (Lipinski definition) is 1. The van der Waals surface area contributed by atoms with Crippen molar-refractivity contribution < 1.29 is 4.79 Å². The molecule has 1 aromatic rings. The summed E-state index contributed by atoms with van der Waals surface area (Å²) in [6.45, 7) is 7.53. The highest BCUT2D eigenvalue weighted by Gasteiger charge is 2.09. The standard InChI is InChI=1S/C13H21NOS/c1-13(2,3)8-4-5-9-14-12(15)11-7-6-10-16-11/h6-7,10H,4-5,8-9H2,1-3H3,(H,14,15). The number of unbranched alkanes of at least 4 members (excludes halogenated alkanes) is 1. The molecule has 0 fully saturated rings. The average Bonchev–Trinajstić information content (AvgIpc) is 2.67. The molecule has 0 saturated carbocycles. The van der Waals surface area contributed by atoms with Crippen LogP contribution in [0.1, 0.15) is 49.7 Å². The molecule has 2 nitrogen and oxygen atoms in total. The van der Waals surface area contributed by atoms with Crippen LogP contribution in [0.2, 0.25) is 0 Å². The van der Waals surface area contributed by atoms with Gasteiger partial charge in [0, 0.05) is 6.54 Å². The Labute approximate surface area is 102 Å². The van der Waals surface area contributed by atoms with Crippen LogP contribution in [0.4, 0.5) is 0 Å². The predicted molar refractivity (Wildman–Crippen MR) is 70.0 cm³/mol. The number of nitrogens with one attached hydrogen (secondary N) is 1. The molecule has 0 bridgehead atoms. The molecule has 0 spiro atoms. The lowest BCUT2D eigenvalue weighted by Gasteiger charge is -2.17. The van der Waals surface area contributed by atoms with Crippen molar-refractivity contribution in [1.82, 2.24) is 5.32 Å². The molecular weight excluding hydrogens is 218 g/mol. The van der Waals surface area contributed by atoms with Gasteiger partial charge in [0.25, 0.3) is 5.91 Å². The third kappa shape index (κ3) is 5.31. The van der Waals surface area contributed by atoms with Gasteiger partial charge in [0.1, 0.15) is 0 Å². The number of carbonyl (C=O) groups is 1. The van der Waals surface area contributed by atoms with E-state index in [1.165, 1.54) is 24.2 Å². The van der Waals surface area contributed by atoms with Crippen molar-refractivity contribution in [3.05, 3.63) is 22.4 Å². The SMILES string of the molecule is CC(C)(C)CCCCNC(=O)c1cccs1. The fourth-order valence-electron chi connectivity index (χ4n) is 1.48. The van der Waals surface area contributed by atoms with Gasteiger partial charge in [-0.15, -0.1) is 11.3 Å². The van der Waals surface area contributed by atoms with E-state index in [0.717, 1.165) is 17.8 Å². The van der Waals surface area contributed by atoms with Crippen LogP contribution in [0.5, 0.6) is 0 Å². The Balaban J connectivity index is 2.10. The second-order valence-corrected chi connectivity index (χ2v) is 6.20. The zero-order chi connectivity index (χ0) is 12.0. The maximum atomic E-state index is 11.6. The van der Waals surface area contributed by atoms with Crippen LogP contribution in [-0.4, -0.2) is 12.5 Å². The van der Waals surface area contributed by atoms with Gasteiger partial charge < -0.3 is 5.32 Å². The van der Waals surface area contributed by atoms with Crippen LogP contribution < -0.4 is 5.32 Å². The van der Waals surface area contributed by atoms with Crippen molar-refractivity contribution in [1.29, 1.82) is 0 Å². The van der Waals surface area contributed by atoms with E-state index in [2.05, 4.69) is 26.1 Å². The van der Waals surface area contributed by atoms with Gasteiger partial charge in [-0.3, -0.25) is 4.79 Å². The van der Waals surface area contributed by atoms with Gasteiger partial charge in [-0.25, -0.2) is 0 Å². The largest absolute Gasteiger partial charge is 0.351 e. The zero-order valence-corrected chi connectivity index (χ0v) is 11.2. The second kappa shape index (κ2) is 6.04. The molecular formula is C13H21NOS. The summed E-state index contributed by atoms with van der Waals surface area (Å²) < 4.78 is 0. The quantitative estimate of drug-likeness (QED) is 0.780. The third-order valence-electron chi connectivity index (χ3n) is 2.38. The second-order valence-electron chi connectivity index (χ2n) is 5.25. The molecule has 0 aliphatic heterocycles. The van der Waals surface area contributed by atoms with Crippen LogP contribution in [0, 0.1) is 5.41 Å². The molecule has 1 rings (SSSR count). The molecule has 0 aliphatic carbocycles. The van der Waals surface area contributed by atoms with Gasteiger partial charge in [0.05, 0.1) is 4.88 Å². The first-order chi connectivity index (χ1) is 7.49. The summed E-state index contributed by atoms with van der Waals surface area (Å²) in [5.41, 5.74) is 0.401. The van der Waals surface area contributed by atoms with E-state index in [9.17, 15) is 4.79 Å². The van der Waals surface area contributed by atoms with E-state index in [1.807, 2.05) is 17.5 Å². The highest BCUT2D eigenvalue weighted by molar-refractivity contribution is 7.12. The fraction of sp³-hybridized carbons (Fsp3) is 0.615. The van der Waals surface area contributed by atoms with Gasteiger partial charge in [-0.1, -0.05) is 33.3 Å². The normalized spacial score (nSPS) is 11.4. The summed E-state index contributed by atoms with van der Waals surface area (Å²) >= 11 is 1.49. The van der Waals surface area contributed by atoms with E-state index < -0.39 is 0 Å². The summed E-state index contributed by atoms with van der Waals surface area (Å²) in [7, 11) is 0. The van der Waals surface area contributed by atoms with Crippen LogP contribution in [0.3, 0.4) is 0 Å². The lowest BCUT2D eigenvalue weighted by Crippen LogP contribution is -2.23. The number of rotatable bonds is 5. The summed E-state index contributed by atoms with van der Waals surface area (Å²) in [5.74, 6) is 0.0609. The van der Waals surface area contributed by atoms with Crippen LogP contribution >= 0.6 is 11.3 Å². The zero-order valence-electron chi connectivity index (χ0n) is 10.4. The summed E-state index contributed by atoms with van der Waals surface area (Å²) in [6, 6.07) is 3.76. The fourth-order valence-corrected chi connectivity index (χ4v) is 2.12. The van der Waals surface area contributed by atoms with Crippen molar-refractivity contribution >= 4 is 17.2 Å². The van der Waals surface area contributed by atoms with E-state index in [-0.39, 0.29) is 5.91 Å². The molecule has 0 saturated heterocycles. The van der Waals surface area contributed by atoms with Gasteiger partial charge in [0.2, 0.25) is 0 Å². The van der Waals surface area contributed by atoms with Crippen LogP contribution in [0.25, 0.3) is 0 Å². The molecule has 0 aliphatic rings. The smallest absolute Gasteiger partial charge is 0.261 e. The Morgan fingerprint density at radius 2 is 2.12 bits per heavy atom. The van der Waals surface area contributed by atoms with Gasteiger partial charge >= 0.3 is 0 Å². The molecule has 0 atom stereocenters. The number of amides is 1. The molecule has 0 aromatic carbocycles. The number of thiophene rings is 1. The van der Waals surface area contributed by atoms with E-state index >= 15 is 0 Å². The molecule has 1 N–H and O–H groups in total. The maximum Gasteiger partial charge on any atom is 0.261 e.